The van der Waals surface area contributed by atoms with Gasteiger partial charge in [0.25, 0.3) is 11.1 Å². The summed E-state index contributed by atoms with van der Waals surface area (Å²) in [6, 6.07) is 14.7. The van der Waals surface area contributed by atoms with E-state index in [0.29, 0.717) is 28.2 Å². The number of rotatable bonds is 6. The average Bonchev–Trinajstić information content (AvgIpc) is 3.09. The second kappa shape index (κ2) is 7.85. The van der Waals surface area contributed by atoms with Crippen molar-refractivity contribution < 1.29 is 18.7 Å². The fourth-order valence-corrected chi connectivity index (χ4v) is 2.70. The summed E-state index contributed by atoms with van der Waals surface area (Å²) >= 11 is 1.13. The molecule has 1 aromatic heterocycles. The molecule has 0 spiro atoms. The maximum Gasteiger partial charge on any atom is 0.321 e. The zero-order valence-electron chi connectivity index (χ0n) is 13.8. The average molecular weight is 356 g/mol. The molecule has 0 bridgehead atoms. The lowest BCUT2D eigenvalue weighted by Gasteiger charge is -2.04. The van der Waals surface area contributed by atoms with Gasteiger partial charge in [-0.2, -0.15) is 0 Å². The minimum Gasteiger partial charge on any atom is -0.496 e. The molecule has 128 valence electrons. The highest BCUT2D eigenvalue weighted by atomic mass is 32.2. The van der Waals surface area contributed by atoms with Gasteiger partial charge >= 0.3 is 5.97 Å². The number of methoxy groups -OCH3 is 1. The summed E-state index contributed by atoms with van der Waals surface area (Å²) in [5.74, 6) is 1.19. The SMILES string of the molecule is COc1ccccc1-c1nnc(SCC(=O)Oc2cccc(C)c2)o1. The van der Waals surface area contributed by atoms with Crippen molar-refractivity contribution in [3.63, 3.8) is 0 Å². The zero-order valence-corrected chi connectivity index (χ0v) is 14.6. The number of benzene rings is 2. The van der Waals surface area contributed by atoms with Crippen LogP contribution in [0.2, 0.25) is 0 Å². The van der Waals surface area contributed by atoms with E-state index in [1.807, 2.05) is 43.3 Å². The topological polar surface area (TPSA) is 74.5 Å². The second-order valence-electron chi connectivity index (χ2n) is 5.15. The molecule has 0 aliphatic carbocycles. The number of thioether (sulfide) groups is 1. The fraction of sp³-hybridized carbons (Fsp3) is 0.167. The largest absolute Gasteiger partial charge is 0.496 e. The molecule has 6 nitrogen and oxygen atoms in total. The van der Waals surface area contributed by atoms with Crippen molar-refractivity contribution in [2.24, 2.45) is 0 Å². The molecular formula is C18H16N2O4S. The van der Waals surface area contributed by atoms with Gasteiger partial charge in [0, 0.05) is 0 Å². The lowest BCUT2D eigenvalue weighted by atomic mass is 10.2. The first kappa shape index (κ1) is 17.0. The second-order valence-corrected chi connectivity index (χ2v) is 6.08. The summed E-state index contributed by atoms with van der Waals surface area (Å²) in [4.78, 5) is 11.9. The number of aromatic nitrogens is 2. The molecule has 0 aliphatic rings. The van der Waals surface area contributed by atoms with Crippen molar-refractivity contribution in [3.05, 3.63) is 54.1 Å². The summed E-state index contributed by atoms with van der Waals surface area (Å²) in [5, 5.41) is 8.24. The van der Waals surface area contributed by atoms with E-state index in [0.717, 1.165) is 17.3 Å². The van der Waals surface area contributed by atoms with E-state index in [4.69, 9.17) is 13.9 Å². The molecule has 0 aliphatic heterocycles. The molecule has 0 radical (unpaired) electrons. The van der Waals surface area contributed by atoms with Gasteiger partial charge in [0.05, 0.1) is 12.7 Å². The highest BCUT2D eigenvalue weighted by molar-refractivity contribution is 7.99. The van der Waals surface area contributed by atoms with Gasteiger partial charge in [-0.15, -0.1) is 10.2 Å². The first-order chi connectivity index (χ1) is 12.2. The Hall–Kier alpha value is -2.80. The van der Waals surface area contributed by atoms with E-state index in [9.17, 15) is 4.79 Å². The van der Waals surface area contributed by atoms with Crippen LogP contribution in [0.15, 0.2) is 58.2 Å². The molecule has 0 N–H and O–H groups in total. The molecule has 2 aromatic carbocycles. The van der Waals surface area contributed by atoms with E-state index < -0.39 is 0 Å². The number of esters is 1. The highest BCUT2D eigenvalue weighted by Gasteiger charge is 2.15. The monoisotopic (exact) mass is 356 g/mol. The first-order valence-corrected chi connectivity index (χ1v) is 8.51. The zero-order chi connectivity index (χ0) is 17.6. The van der Waals surface area contributed by atoms with Crippen LogP contribution in [0.5, 0.6) is 11.5 Å². The van der Waals surface area contributed by atoms with Crippen LogP contribution in [-0.2, 0) is 4.79 Å². The number of para-hydroxylation sites is 1. The normalized spacial score (nSPS) is 10.5. The van der Waals surface area contributed by atoms with Gasteiger partial charge in [0.1, 0.15) is 17.3 Å². The van der Waals surface area contributed by atoms with Crippen LogP contribution in [0.25, 0.3) is 11.5 Å². The van der Waals surface area contributed by atoms with E-state index in [1.165, 1.54) is 0 Å². The Morgan fingerprint density at radius 3 is 2.80 bits per heavy atom. The summed E-state index contributed by atoms with van der Waals surface area (Å²) in [6.45, 7) is 1.93. The van der Waals surface area contributed by atoms with Gasteiger partial charge < -0.3 is 13.9 Å². The number of hydrogen-bond donors (Lipinski definition) is 0. The molecule has 0 saturated carbocycles. The molecule has 3 rings (SSSR count). The number of aryl methyl sites for hydroxylation is 1. The maximum absolute atomic E-state index is 11.9. The maximum atomic E-state index is 11.9. The van der Waals surface area contributed by atoms with Gasteiger partial charge in [0.15, 0.2) is 0 Å². The van der Waals surface area contributed by atoms with Crippen molar-refractivity contribution in [1.82, 2.24) is 10.2 Å². The van der Waals surface area contributed by atoms with Crippen molar-refractivity contribution in [3.8, 4) is 23.0 Å². The molecule has 0 saturated heterocycles. The number of hydrogen-bond acceptors (Lipinski definition) is 7. The quantitative estimate of drug-likeness (QED) is 0.378. The number of carbonyl (C=O) groups excluding carboxylic acids is 1. The Kier molecular flexibility index (Phi) is 5.35. The Balaban J connectivity index is 1.61. The Morgan fingerprint density at radius 2 is 2.00 bits per heavy atom. The van der Waals surface area contributed by atoms with Gasteiger partial charge in [-0.1, -0.05) is 36.0 Å². The molecule has 1 heterocycles. The highest BCUT2D eigenvalue weighted by Crippen LogP contribution is 2.30. The summed E-state index contributed by atoms with van der Waals surface area (Å²) < 4.78 is 16.1. The molecular weight excluding hydrogens is 340 g/mol. The van der Waals surface area contributed by atoms with Gasteiger partial charge in [-0.05, 0) is 36.8 Å². The van der Waals surface area contributed by atoms with E-state index in [2.05, 4.69) is 10.2 Å². The van der Waals surface area contributed by atoms with Gasteiger partial charge in [-0.3, -0.25) is 4.79 Å². The molecule has 25 heavy (non-hydrogen) atoms. The summed E-state index contributed by atoms with van der Waals surface area (Å²) in [5.41, 5.74) is 1.72. The van der Waals surface area contributed by atoms with E-state index >= 15 is 0 Å². The van der Waals surface area contributed by atoms with Crippen LogP contribution in [0, 0.1) is 6.92 Å². The Bertz CT molecular complexity index is 879. The number of ether oxygens (including phenoxy) is 2. The predicted octanol–water partition coefficient (Wildman–Crippen LogP) is 3.75. The van der Waals surface area contributed by atoms with Gasteiger partial charge in [0.2, 0.25) is 0 Å². The molecule has 7 heteroatoms. The van der Waals surface area contributed by atoms with Crippen LogP contribution in [0.4, 0.5) is 0 Å². The lowest BCUT2D eigenvalue weighted by Crippen LogP contribution is -2.10. The third-order valence-corrected chi connectivity index (χ3v) is 4.07. The van der Waals surface area contributed by atoms with E-state index in [-0.39, 0.29) is 11.7 Å². The minimum atomic E-state index is -0.382. The van der Waals surface area contributed by atoms with E-state index in [1.54, 1.807) is 19.2 Å². The lowest BCUT2D eigenvalue weighted by molar-refractivity contribution is -0.131. The summed E-state index contributed by atoms with van der Waals surface area (Å²) in [7, 11) is 1.58. The van der Waals surface area contributed by atoms with Crippen LogP contribution in [0.3, 0.4) is 0 Å². The molecule has 0 amide bonds. The van der Waals surface area contributed by atoms with Crippen molar-refractivity contribution in [2.45, 2.75) is 12.1 Å². The van der Waals surface area contributed by atoms with Crippen LogP contribution >= 0.6 is 11.8 Å². The van der Waals surface area contributed by atoms with Crippen molar-refractivity contribution in [1.29, 1.82) is 0 Å². The number of carbonyl (C=O) groups is 1. The van der Waals surface area contributed by atoms with Crippen molar-refractivity contribution in [2.75, 3.05) is 12.9 Å². The van der Waals surface area contributed by atoms with Crippen LogP contribution < -0.4 is 9.47 Å². The Morgan fingerprint density at radius 1 is 1.16 bits per heavy atom. The van der Waals surface area contributed by atoms with Gasteiger partial charge in [-0.25, -0.2) is 0 Å². The van der Waals surface area contributed by atoms with Crippen molar-refractivity contribution >= 4 is 17.7 Å². The van der Waals surface area contributed by atoms with Crippen LogP contribution in [0.1, 0.15) is 5.56 Å². The minimum absolute atomic E-state index is 0.0709. The fourth-order valence-electron chi connectivity index (χ4n) is 2.16. The summed E-state index contributed by atoms with van der Waals surface area (Å²) in [6.07, 6.45) is 0. The molecule has 0 unspecified atom stereocenters. The Labute approximate surface area is 149 Å². The molecule has 3 aromatic rings. The van der Waals surface area contributed by atoms with Crippen LogP contribution in [-0.4, -0.2) is 29.0 Å². The third kappa shape index (κ3) is 4.39. The molecule has 0 atom stereocenters. The third-order valence-electron chi connectivity index (χ3n) is 3.28. The standard InChI is InChI=1S/C18H16N2O4S/c1-12-6-5-7-13(10-12)23-16(21)11-25-18-20-19-17(24-18)14-8-3-4-9-15(14)22-2/h3-10H,11H2,1-2H3. The molecule has 0 fully saturated rings. The smallest absolute Gasteiger partial charge is 0.321 e. The predicted molar refractivity (Wildman–Crippen MR) is 93.8 cm³/mol. The number of nitrogens with zero attached hydrogens (tertiary/aromatic N) is 2. The first-order valence-electron chi connectivity index (χ1n) is 7.53.